The zero-order chi connectivity index (χ0) is 15.0. The summed E-state index contributed by atoms with van der Waals surface area (Å²) in [6.45, 7) is 4.16. The molecule has 20 heavy (non-hydrogen) atoms. The summed E-state index contributed by atoms with van der Waals surface area (Å²) in [5, 5.41) is 0. The van der Waals surface area contributed by atoms with E-state index in [-0.39, 0.29) is 0 Å². The van der Waals surface area contributed by atoms with E-state index in [1.54, 1.807) is 0 Å². The highest BCUT2D eigenvalue weighted by Gasteiger charge is 2.20. The van der Waals surface area contributed by atoms with Gasteiger partial charge in [0.15, 0.2) is 12.8 Å². The number of nitrogens with zero attached hydrogens (tertiary/aromatic N) is 2. The SMILES string of the molecule is [2H]c1n(C)c(-c2ccccc2)c(C)[n+]1-c1ccccc1C. The lowest BCUT2D eigenvalue weighted by Gasteiger charge is -2.02. The molecule has 0 aliphatic heterocycles. The van der Waals surface area contributed by atoms with Crippen LogP contribution >= 0.6 is 0 Å². The fraction of sp³-hybridized carbons (Fsp3) is 0.167. The summed E-state index contributed by atoms with van der Waals surface area (Å²) in [5.41, 5.74) is 5.55. The number of hydrogen-bond acceptors (Lipinski definition) is 0. The second kappa shape index (κ2) is 4.97. The van der Waals surface area contributed by atoms with Gasteiger partial charge in [0.05, 0.1) is 7.05 Å². The predicted molar refractivity (Wildman–Crippen MR) is 81.9 cm³/mol. The molecule has 1 aromatic heterocycles. The van der Waals surface area contributed by atoms with Crippen LogP contribution in [0.4, 0.5) is 0 Å². The summed E-state index contributed by atoms with van der Waals surface area (Å²) >= 11 is 0. The van der Waals surface area contributed by atoms with Crippen LogP contribution in [0.25, 0.3) is 16.9 Å². The van der Waals surface area contributed by atoms with E-state index >= 15 is 0 Å². The Balaban J connectivity index is 2.28. The molecule has 0 fully saturated rings. The molecule has 0 N–H and O–H groups in total. The van der Waals surface area contributed by atoms with Crippen molar-refractivity contribution in [1.29, 1.82) is 0 Å². The molecule has 0 aliphatic rings. The first-order chi connectivity index (χ1) is 10.1. The second-order valence-corrected chi connectivity index (χ2v) is 5.08. The van der Waals surface area contributed by atoms with Gasteiger partial charge in [-0.1, -0.05) is 48.5 Å². The Morgan fingerprint density at radius 2 is 1.60 bits per heavy atom. The fourth-order valence-corrected chi connectivity index (χ4v) is 2.67. The number of rotatable bonds is 2. The second-order valence-electron chi connectivity index (χ2n) is 5.08. The van der Waals surface area contributed by atoms with Crippen molar-refractivity contribution in [3.05, 3.63) is 72.2 Å². The van der Waals surface area contributed by atoms with E-state index < -0.39 is 0 Å². The van der Waals surface area contributed by atoms with Gasteiger partial charge in [0, 0.05) is 12.5 Å². The smallest absolute Gasteiger partial charge is 0.232 e. The number of imidazole rings is 1. The lowest BCUT2D eigenvalue weighted by molar-refractivity contribution is -0.602. The molecule has 0 atom stereocenters. The van der Waals surface area contributed by atoms with E-state index in [9.17, 15) is 0 Å². The summed E-state index contributed by atoms with van der Waals surface area (Å²) in [7, 11) is 1.95. The average molecular weight is 264 g/mol. The Morgan fingerprint density at radius 1 is 0.950 bits per heavy atom. The van der Waals surface area contributed by atoms with Crippen molar-refractivity contribution in [2.45, 2.75) is 13.8 Å². The normalized spacial score (nSPS) is 11.4. The number of para-hydroxylation sites is 1. The quantitative estimate of drug-likeness (QED) is 0.626. The first-order valence-corrected chi connectivity index (χ1v) is 6.80. The van der Waals surface area contributed by atoms with Gasteiger partial charge in [0.25, 0.3) is 0 Å². The predicted octanol–water partition coefficient (Wildman–Crippen LogP) is 3.59. The summed E-state index contributed by atoms with van der Waals surface area (Å²) in [6, 6.07) is 18.4. The van der Waals surface area contributed by atoms with Gasteiger partial charge in [-0.25, -0.2) is 4.57 Å². The molecular formula is C18H19N2+. The fourth-order valence-electron chi connectivity index (χ4n) is 2.67. The molecule has 0 bridgehead atoms. The third kappa shape index (κ3) is 2.03. The minimum Gasteiger partial charge on any atom is -0.232 e. The monoisotopic (exact) mass is 264 g/mol. The maximum absolute atomic E-state index is 8.47. The molecule has 0 aliphatic carbocycles. The lowest BCUT2D eigenvalue weighted by atomic mass is 10.1. The van der Waals surface area contributed by atoms with E-state index in [0.717, 1.165) is 22.6 Å². The summed E-state index contributed by atoms with van der Waals surface area (Å²) < 4.78 is 12.4. The van der Waals surface area contributed by atoms with Gasteiger partial charge in [0.2, 0.25) is 6.30 Å². The minimum atomic E-state index is 0.487. The molecule has 0 saturated heterocycles. The molecule has 0 radical (unpaired) electrons. The molecule has 2 heteroatoms. The van der Waals surface area contributed by atoms with Gasteiger partial charge in [-0.05, 0) is 18.6 Å². The van der Waals surface area contributed by atoms with Gasteiger partial charge in [-0.2, -0.15) is 4.57 Å². The van der Waals surface area contributed by atoms with Gasteiger partial charge < -0.3 is 0 Å². The standard InChI is InChI=1S/C18H19N2/c1-14-9-7-8-12-17(14)20-13-19(3)18(15(20)2)16-10-5-4-6-11-16/h4-13H,1-3H3/q+1/i13D. The zero-order valence-electron chi connectivity index (χ0n) is 13.1. The lowest BCUT2D eigenvalue weighted by Crippen LogP contribution is -2.32. The van der Waals surface area contributed by atoms with E-state index in [4.69, 9.17) is 1.37 Å². The van der Waals surface area contributed by atoms with Crippen molar-refractivity contribution in [1.82, 2.24) is 4.57 Å². The van der Waals surface area contributed by atoms with Gasteiger partial charge in [0.1, 0.15) is 5.69 Å². The molecule has 1 heterocycles. The van der Waals surface area contributed by atoms with E-state index in [0.29, 0.717) is 6.30 Å². The molecule has 0 saturated carbocycles. The Kier molecular flexibility index (Phi) is 2.85. The summed E-state index contributed by atoms with van der Waals surface area (Å²) in [5.74, 6) is 0. The Bertz CT molecular complexity index is 788. The first-order valence-electron chi connectivity index (χ1n) is 7.30. The van der Waals surface area contributed by atoms with Crippen molar-refractivity contribution in [2.75, 3.05) is 0 Å². The highest BCUT2D eigenvalue weighted by atomic mass is 15.1. The molecule has 100 valence electrons. The van der Waals surface area contributed by atoms with Crippen molar-refractivity contribution < 1.29 is 5.94 Å². The number of aromatic nitrogens is 2. The Hall–Kier alpha value is -2.35. The third-order valence-electron chi connectivity index (χ3n) is 3.67. The maximum atomic E-state index is 8.47. The highest BCUT2D eigenvalue weighted by Crippen LogP contribution is 2.22. The molecule has 0 amide bonds. The maximum Gasteiger partial charge on any atom is 0.249 e. The van der Waals surface area contributed by atoms with Crippen LogP contribution in [0.15, 0.2) is 60.9 Å². The molecule has 0 spiro atoms. The zero-order valence-corrected chi connectivity index (χ0v) is 12.1. The van der Waals surface area contributed by atoms with Crippen LogP contribution in [-0.2, 0) is 7.05 Å². The molecule has 3 aromatic rings. The highest BCUT2D eigenvalue weighted by molar-refractivity contribution is 5.61. The third-order valence-corrected chi connectivity index (χ3v) is 3.67. The molecule has 3 rings (SSSR count). The largest absolute Gasteiger partial charge is 0.249 e. The van der Waals surface area contributed by atoms with Crippen LogP contribution in [-0.4, -0.2) is 4.57 Å². The van der Waals surface area contributed by atoms with Crippen LogP contribution in [0.2, 0.25) is 0 Å². The summed E-state index contributed by atoms with van der Waals surface area (Å²) in [4.78, 5) is 0. The number of hydrogen-bond donors (Lipinski definition) is 0. The van der Waals surface area contributed by atoms with Crippen LogP contribution in [0.3, 0.4) is 0 Å². The topological polar surface area (TPSA) is 8.81 Å². The molecule has 0 unspecified atom stereocenters. The molecule has 2 aromatic carbocycles. The molecule has 2 nitrogen and oxygen atoms in total. The van der Waals surface area contributed by atoms with Crippen LogP contribution in [0.5, 0.6) is 0 Å². The average Bonchev–Trinajstić information content (AvgIpc) is 2.71. The van der Waals surface area contributed by atoms with Crippen LogP contribution in [0, 0.1) is 13.8 Å². The van der Waals surface area contributed by atoms with Crippen molar-refractivity contribution >= 4 is 0 Å². The van der Waals surface area contributed by atoms with Crippen molar-refractivity contribution in [3.63, 3.8) is 0 Å². The summed E-state index contributed by atoms with van der Waals surface area (Å²) in [6.07, 6.45) is 0.487. The van der Waals surface area contributed by atoms with Crippen molar-refractivity contribution in [2.24, 2.45) is 7.05 Å². The van der Waals surface area contributed by atoms with Crippen molar-refractivity contribution in [3.8, 4) is 16.9 Å². The van der Waals surface area contributed by atoms with Gasteiger partial charge >= 0.3 is 0 Å². The van der Waals surface area contributed by atoms with E-state index in [1.807, 2.05) is 46.5 Å². The van der Waals surface area contributed by atoms with Crippen LogP contribution < -0.4 is 4.57 Å². The minimum absolute atomic E-state index is 0.487. The number of benzene rings is 2. The van der Waals surface area contributed by atoms with E-state index in [1.165, 1.54) is 5.56 Å². The van der Waals surface area contributed by atoms with E-state index in [2.05, 4.69) is 38.1 Å². The first kappa shape index (κ1) is 11.5. The molecular weight excluding hydrogens is 244 g/mol. The van der Waals surface area contributed by atoms with Gasteiger partial charge in [-0.3, -0.25) is 0 Å². The number of aryl methyl sites for hydroxylation is 1. The Labute approximate surface area is 121 Å². The van der Waals surface area contributed by atoms with Crippen LogP contribution in [0.1, 0.15) is 12.6 Å². The van der Waals surface area contributed by atoms with Gasteiger partial charge in [-0.15, -0.1) is 0 Å². The Morgan fingerprint density at radius 3 is 2.30 bits per heavy atom.